The predicted octanol–water partition coefficient (Wildman–Crippen LogP) is 2.38. The average molecular weight is 293 g/mol. The van der Waals surface area contributed by atoms with Gasteiger partial charge in [-0.15, -0.1) is 0 Å². The smallest absolute Gasteiger partial charge is 0.226 e. The van der Waals surface area contributed by atoms with Crippen molar-refractivity contribution in [2.24, 2.45) is 5.73 Å². The number of rotatable bonds is 4. The van der Waals surface area contributed by atoms with Crippen LogP contribution in [0.15, 0.2) is 18.2 Å². The molecule has 2 amide bonds. The molecule has 1 fully saturated rings. The van der Waals surface area contributed by atoms with Crippen molar-refractivity contribution in [3.8, 4) is 0 Å². The largest absolute Gasteiger partial charge is 0.326 e. The van der Waals surface area contributed by atoms with Gasteiger partial charge in [0, 0.05) is 24.6 Å². The van der Waals surface area contributed by atoms with Crippen molar-refractivity contribution >= 4 is 23.2 Å². The van der Waals surface area contributed by atoms with Crippen LogP contribution < -0.4 is 16.4 Å². The van der Waals surface area contributed by atoms with Crippen LogP contribution in [-0.4, -0.2) is 17.4 Å². The Morgan fingerprint density at radius 2 is 1.95 bits per heavy atom. The molecule has 1 aromatic rings. The third kappa shape index (κ3) is 4.26. The monoisotopic (exact) mass is 293 g/mol. The summed E-state index contributed by atoms with van der Waals surface area (Å²) in [4.78, 5) is 23.0. The van der Waals surface area contributed by atoms with Gasteiger partial charge in [-0.2, -0.15) is 0 Å². The molecule has 0 spiro atoms. The maximum atomic E-state index is 13.7. The van der Waals surface area contributed by atoms with Gasteiger partial charge in [0.15, 0.2) is 0 Å². The van der Waals surface area contributed by atoms with Gasteiger partial charge in [0.1, 0.15) is 5.82 Å². The van der Waals surface area contributed by atoms with Gasteiger partial charge >= 0.3 is 0 Å². The summed E-state index contributed by atoms with van der Waals surface area (Å²) in [5.74, 6) is -1.11. The molecule has 4 N–H and O–H groups in total. The zero-order valence-corrected chi connectivity index (χ0v) is 12.0. The van der Waals surface area contributed by atoms with Crippen molar-refractivity contribution in [3.05, 3.63) is 24.0 Å². The summed E-state index contributed by atoms with van der Waals surface area (Å²) in [6.45, 7) is 1.36. The fourth-order valence-corrected chi connectivity index (χ4v) is 2.67. The number of hydrogen-bond acceptors (Lipinski definition) is 3. The zero-order valence-electron chi connectivity index (χ0n) is 12.0. The first-order valence-electron chi connectivity index (χ1n) is 7.04. The second-order valence-corrected chi connectivity index (χ2v) is 5.67. The van der Waals surface area contributed by atoms with Crippen molar-refractivity contribution in [2.75, 3.05) is 10.6 Å². The summed E-state index contributed by atoms with van der Waals surface area (Å²) in [7, 11) is 0. The number of benzene rings is 1. The number of carbonyl (C=O) groups is 2. The lowest BCUT2D eigenvalue weighted by atomic mass is 9.94. The van der Waals surface area contributed by atoms with E-state index in [4.69, 9.17) is 5.73 Å². The summed E-state index contributed by atoms with van der Waals surface area (Å²) in [6.07, 6.45) is 3.85. The maximum Gasteiger partial charge on any atom is 0.226 e. The topological polar surface area (TPSA) is 84.2 Å². The lowest BCUT2D eigenvalue weighted by molar-refractivity contribution is -0.117. The molecule has 0 aromatic heterocycles. The van der Waals surface area contributed by atoms with E-state index in [1.165, 1.54) is 25.1 Å². The molecule has 0 atom stereocenters. The van der Waals surface area contributed by atoms with Crippen LogP contribution in [0.1, 0.15) is 39.0 Å². The van der Waals surface area contributed by atoms with E-state index in [1.807, 2.05) is 0 Å². The average Bonchev–Trinajstić information content (AvgIpc) is 2.79. The molecule has 5 nitrogen and oxygen atoms in total. The predicted molar refractivity (Wildman–Crippen MR) is 79.3 cm³/mol. The number of anilines is 2. The minimum Gasteiger partial charge on any atom is -0.326 e. The first-order valence-corrected chi connectivity index (χ1v) is 7.04. The third-order valence-corrected chi connectivity index (χ3v) is 3.67. The van der Waals surface area contributed by atoms with Crippen molar-refractivity contribution in [1.82, 2.24) is 0 Å². The van der Waals surface area contributed by atoms with Gasteiger partial charge in [0.25, 0.3) is 0 Å². The van der Waals surface area contributed by atoms with E-state index < -0.39 is 11.4 Å². The highest BCUT2D eigenvalue weighted by Crippen LogP contribution is 2.30. The molecule has 114 valence electrons. The Morgan fingerprint density at radius 1 is 1.29 bits per heavy atom. The van der Waals surface area contributed by atoms with E-state index >= 15 is 0 Å². The number of amides is 2. The van der Waals surface area contributed by atoms with Gasteiger partial charge in [0.05, 0.1) is 5.69 Å². The Kier molecular flexibility index (Phi) is 4.57. The van der Waals surface area contributed by atoms with Gasteiger partial charge in [-0.3, -0.25) is 9.59 Å². The Balaban J connectivity index is 2.04. The molecular weight excluding hydrogens is 273 g/mol. The Hall–Kier alpha value is -1.95. The lowest BCUT2D eigenvalue weighted by Crippen LogP contribution is -2.40. The molecule has 6 heteroatoms. The summed E-state index contributed by atoms with van der Waals surface area (Å²) in [5.41, 5.74) is 6.14. The van der Waals surface area contributed by atoms with Gasteiger partial charge < -0.3 is 16.4 Å². The van der Waals surface area contributed by atoms with Gasteiger partial charge in [-0.1, -0.05) is 12.8 Å². The molecule has 1 aromatic carbocycles. The van der Waals surface area contributed by atoms with E-state index in [0.717, 1.165) is 25.7 Å². The van der Waals surface area contributed by atoms with E-state index in [1.54, 1.807) is 0 Å². The summed E-state index contributed by atoms with van der Waals surface area (Å²) in [6, 6.07) is 4.04. The second kappa shape index (κ2) is 6.22. The van der Waals surface area contributed by atoms with E-state index in [9.17, 15) is 14.0 Å². The summed E-state index contributed by atoms with van der Waals surface area (Å²) < 4.78 is 13.7. The van der Waals surface area contributed by atoms with E-state index in [-0.39, 0.29) is 23.9 Å². The third-order valence-electron chi connectivity index (χ3n) is 3.67. The number of carbonyl (C=O) groups excluding carboxylic acids is 2. The van der Waals surface area contributed by atoms with Crippen molar-refractivity contribution in [3.63, 3.8) is 0 Å². The van der Waals surface area contributed by atoms with Crippen LogP contribution in [0.2, 0.25) is 0 Å². The Morgan fingerprint density at radius 3 is 2.57 bits per heavy atom. The van der Waals surface area contributed by atoms with E-state index in [2.05, 4.69) is 10.6 Å². The number of nitrogens with one attached hydrogen (secondary N) is 2. The molecule has 0 heterocycles. The number of halogens is 1. The molecule has 1 saturated carbocycles. The van der Waals surface area contributed by atoms with Crippen LogP contribution in [0.25, 0.3) is 0 Å². The quantitative estimate of drug-likeness (QED) is 0.797. The second-order valence-electron chi connectivity index (χ2n) is 5.67. The fraction of sp³-hybridized carbons (Fsp3) is 0.467. The van der Waals surface area contributed by atoms with Crippen LogP contribution >= 0.6 is 0 Å². The minimum absolute atomic E-state index is 0.0489. The van der Waals surface area contributed by atoms with Crippen LogP contribution in [0, 0.1) is 5.82 Å². The summed E-state index contributed by atoms with van der Waals surface area (Å²) in [5, 5.41) is 5.08. The molecule has 2 rings (SSSR count). The van der Waals surface area contributed by atoms with E-state index in [0.29, 0.717) is 5.69 Å². The van der Waals surface area contributed by atoms with Gasteiger partial charge in [0.2, 0.25) is 11.8 Å². The van der Waals surface area contributed by atoms with Crippen molar-refractivity contribution < 1.29 is 14.0 Å². The Bertz CT molecular complexity index is 554. The highest BCUT2D eigenvalue weighted by atomic mass is 19.1. The van der Waals surface area contributed by atoms with Crippen LogP contribution in [0.4, 0.5) is 15.8 Å². The Labute approximate surface area is 123 Å². The highest BCUT2D eigenvalue weighted by molar-refractivity contribution is 5.94. The molecule has 0 bridgehead atoms. The first-order chi connectivity index (χ1) is 9.88. The fourth-order valence-electron chi connectivity index (χ4n) is 2.67. The van der Waals surface area contributed by atoms with Gasteiger partial charge in [-0.05, 0) is 31.0 Å². The standard InChI is InChI=1S/C15H20FN3O2/c1-10(20)18-11-4-5-12(16)13(8-11)19-14(21)9-15(17)6-2-3-7-15/h4-5,8H,2-3,6-7,9,17H2,1H3,(H,18,20)(H,19,21). The molecule has 0 radical (unpaired) electrons. The highest BCUT2D eigenvalue weighted by Gasteiger charge is 2.31. The molecular formula is C15H20FN3O2. The SMILES string of the molecule is CC(=O)Nc1ccc(F)c(NC(=O)CC2(N)CCCC2)c1. The molecule has 0 saturated heterocycles. The van der Waals surface area contributed by atoms with Crippen molar-refractivity contribution in [2.45, 2.75) is 44.6 Å². The molecule has 1 aliphatic carbocycles. The molecule has 0 unspecified atom stereocenters. The minimum atomic E-state index is -0.546. The molecule has 0 aliphatic heterocycles. The molecule has 1 aliphatic rings. The van der Waals surface area contributed by atoms with Crippen molar-refractivity contribution in [1.29, 1.82) is 0 Å². The van der Waals surface area contributed by atoms with Gasteiger partial charge in [-0.25, -0.2) is 4.39 Å². The maximum absolute atomic E-state index is 13.7. The summed E-state index contributed by atoms with van der Waals surface area (Å²) >= 11 is 0. The number of hydrogen-bond donors (Lipinski definition) is 3. The lowest BCUT2D eigenvalue weighted by Gasteiger charge is -2.22. The zero-order chi connectivity index (χ0) is 15.5. The van der Waals surface area contributed by atoms with Crippen LogP contribution in [-0.2, 0) is 9.59 Å². The van der Waals surface area contributed by atoms with Crippen LogP contribution in [0.3, 0.4) is 0 Å². The van der Waals surface area contributed by atoms with Crippen LogP contribution in [0.5, 0.6) is 0 Å². The normalized spacial score (nSPS) is 16.5. The first kappa shape index (κ1) is 15.4. The molecule has 21 heavy (non-hydrogen) atoms. The number of nitrogens with two attached hydrogens (primary N) is 1.